The fourth-order valence-corrected chi connectivity index (χ4v) is 3.58. The van der Waals surface area contributed by atoms with Crippen LogP contribution in [0.3, 0.4) is 0 Å². The Labute approximate surface area is 140 Å². The lowest BCUT2D eigenvalue weighted by Crippen LogP contribution is -2.52. The molecule has 0 aliphatic carbocycles. The second-order valence-electron chi connectivity index (χ2n) is 6.36. The van der Waals surface area contributed by atoms with Crippen LogP contribution in [0, 0.1) is 0 Å². The molecule has 0 N–H and O–H groups in total. The van der Waals surface area contributed by atoms with Gasteiger partial charge in [0.2, 0.25) is 12.7 Å². The lowest BCUT2D eigenvalue weighted by molar-refractivity contribution is -0.154. The maximum absolute atomic E-state index is 12.8. The summed E-state index contributed by atoms with van der Waals surface area (Å²) in [5.74, 6) is 1.26. The number of nitrogens with zero attached hydrogens (tertiary/aromatic N) is 2. The molecule has 2 fully saturated rings. The first-order valence-electron chi connectivity index (χ1n) is 8.19. The van der Waals surface area contributed by atoms with Crippen LogP contribution < -0.4 is 9.47 Å². The van der Waals surface area contributed by atoms with Gasteiger partial charge in [-0.25, -0.2) is 0 Å². The normalized spacial score (nSPS) is 26.1. The number of hydrogen-bond donors (Lipinski definition) is 0. The van der Waals surface area contributed by atoms with E-state index in [4.69, 9.17) is 14.2 Å². The molecule has 3 heterocycles. The summed E-state index contributed by atoms with van der Waals surface area (Å²) in [7, 11) is 1.82. The van der Waals surface area contributed by atoms with Crippen molar-refractivity contribution in [2.75, 3.05) is 33.5 Å². The molecule has 24 heavy (non-hydrogen) atoms. The van der Waals surface area contributed by atoms with E-state index >= 15 is 0 Å². The van der Waals surface area contributed by atoms with Crippen LogP contribution >= 0.6 is 0 Å². The van der Waals surface area contributed by atoms with Gasteiger partial charge in [-0.05, 0) is 31.0 Å². The SMILES string of the molecule is CN1C(=O)CO[C@H]2CCN(C(=O)c3ccc4c(c3)OCO4)CC[C@@H]21. The third-order valence-corrected chi connectivity index (χ3v) is 5.03. The van der Waals surface area contributed by atoms with E-state index in [0.717, 1.165) is 12.8 Å². The van der Waals surface area contributed by atoms with Crippen molar-refractivity contribution in [1.29, 1.82) is 0 Å². The summed E-state index contributed by atoms with van der Waals surface area (Å²) < 4.78 is 16.3. The molecule has 3 aliphatic rings. The third-order valence-electron chi connectivity index (χ3n) is 5.03. The summed E-state index contributed by atoms with van der Waals surface area (Å²) >= 11 is 0. The summed E-state index contributed by atoms with van der Waals surface area (Å²) in [4.78, 5) is 28.2. The lowest BCUT2D eigenvalue weighted by atomic mass is 10.0. The Kier molecular flexibility index (Phi) is 3.80. The minimum Gasteiger partial charge on any atom is -0.454 e. The van der Waals surface area contributed by atoms with Gasteiger partial charge in [0, 0.05) is 25.7 Å². The number of likely N-dealkylation sites (N-methyl/N-ethyl adjacent to an activating group) is 1. The monoisotopic (exact) mass is 332 g/mol. The van der Waals surface area contributed by atoms with Crippen LogP contribution in [0.25, 0.3) is 0 Å². The Balaban J connectivity index is 1.49. The number of carbonyl (C=O) groups excluding carboxylic acids is 2. The van der Waals surface area contributed by atoms with Gasteiger partial charge in [0.1, 0.15) is 6.61 Å². The topological polar surface area (TPSA) is 68.3 Å². The number of amides is 2. The Hall–Kier alpha value is -2.28. The first-order valence-corrected chi connectivity index (χ1v) is 8.19. The molecular formula is C17H20N2O5. The van der Waals surface area contributed by atoms with Gasteiger partial charge in [0.05, 0.1) is 12.1 Å². The minimum absolute atomic E-state index is 0.00209. The zero-order chi connectivity index (χ0) is 16.7. The van der Waals surface area contributed by atoms with Crippen molar-refractivity contribution in [2.24, 2.45) is 0 Å². The van der Waals surface area contributed by atoms with E-state index in [1.807, 2.05) is 11.9 Å². The number of likely N-dealkylation sites (tertiary alicyclic amines) is 1. The van der Waals surface area contributed by atoms with Gasteiger partial charge in [-0.2, -0.15) is 0 Å². The number of fused-ring (bicyclic) bond motifs is 2. The maximum atomic E-state index is 12.8. The zero-order valence-corrected chi connectivity index (χ0v) is 13.6. The third kappa shape index (κ3) is 2.58. The van der Waals surface area contributed by atoms with Crippen LogP contribution in [0.4, 0.5) is 0 Å². The standard InChI is InChI=1S/C17H20N2O5/c1-18-12-4-6-19(7-5-13(12)22-9-16(18)20)17(21)11-2-3-14-15(8-11)24-10-23-14/h2-3,8,12-13H,4-7,9-10H2,1H3/t12-,13-/m0/s1. The van der Waals surface area contributed by atoms with Crippen LogP contribution in [0.2, 0.25) is 0 Å². The van der Waals surface area contributed by atoms with Gasteiger partial charge in [-0.1, -0.05) is 0 Å². The van der Waals surface area contributed by atoms with Crippen molar-refractivity contribution in [2.45, 2.75) is 25.0 Å². The van der Waals surface area contributed by atoms with Crippen molar-refractivity contribution >= 4 is 11.8 Å². The van der Waals surface area contributed by atoms with E-state index in [0.29, 0.717) is 30.2 Å². The number of morpholine rings is 1. The van der Waals surface area contributed by atoms with Gasteiger partial charge in [-0.3, -0.25) is 9.59 Å². The highest BCUT2D eigenvalue weighted by Crippen LogP contribution is 2.33. The predicted octanol–water partition coefficient (Wildman–Crippen LogP) is 0.877. The Morgan fingerprint density at radius 2 is 1.96 bits per heavy atom. The quantitative estimate of drug-likeness (QED) is 0.764. The highest BCUT2D eigenvalue weighted by atomic mass is 16.7. The van der Waals surface area contributed by atoms with E-state index < -0.39 is 0 Å². The second kappa shape index (κ2) is 5.98. The summed E-state index contributed by atoms with van der Waals surface area (Å²) in [6.07, 6.45) is 1.46. The molecule has 128 valence electrons. The lowest BCUT2D eigenvalue weighted by Gasteiger charge is -2.37. The minimum atomic E-state index is -0.0269. The molecule has 2 saturated heterocycles. The van der Waals surface area contributed by atoms with E-state index in [1.54, 1.807) is 23.1 Å². The molecular weight excluding hydrogens is 312 g/mol. The highest BCUT2D eigenvalue weighted by Gasteiger charge is 2.37. The van der Waals surface area contributed by atoms with Gasteiger partial charge in [0.25, 0.3) is 5.91 Å². The molecule has 0 saturated carbocycles. The van der Waals surface area contributed by atoms with Gasteiger partial charge >= 0.3 is 0 Å². The van der Waals surface area contributed by atoms with Crippen LogP contribution in [0.1, 0.15) is 23.2 Å². The molecule has 2 amide bonds. The van der Waals surface area contributed by atoms with Crippen molar-refractivity contribution in [1.82, 2.24) is 9.80 Å². The molecule has 1 aromatic rings. The van der Waals surface area contributed by atoms with Crippen molar-refractivity contribution in [3.05, 3.63) is 23.8 Å². The molecule has 0 spiro atoms. The maximum Gasteiger partial charge on any atom is 0.253 e. The van der Waals surface area contributed by atoms with E-state index in [-0.39, 0.29) is 37.4 Å². The number of carbonyl (C=O) groups is 2. The average molecular weight is 332 g/mol. The largest absolute Gasteiger partial charge is 0.454 e. The smallest absolute Gasteiger partial charge is 0.253 e. The first kappa shape index (κ1) is 15.3. The number of hydrogen-bond acceptors (Lipinski definition) is 5. The molecule has 7 nitrogen and oxygen atoms in total. The molecule has 7 heteroatoms. The fraction of sp³-hybridized carbons (Fsp3) is 0.529. The number of benzene rings is 1. The molecule has 4 rings (SSSR count). The van der Waals surface area contributed by atoms with Crippen LogP contribution in [0.15, 0.2) is 18.2 Å². The Bertz CT molecular complexity index is 677. The Morgan fingerprint density at radius 1 is 1.17 bits per heavy atom. The van der Waals surface area contributed by atoms with Crippen molar-refractivity contribution in [3.63, 3.8) is 0 Å². The van der Waals surface area contributed by atoms with Gasteiger partial charge in [-0.15, -0.1) is 0 Å². The second-order valence-corrected chi connectivity index (χ2v) is 6.36. The summed E-state index contributed by atoms with van der Waals surface area (Å²) in [6, 6.07) is 5.30. The first-order chi connectivity index (χ1) is 11.6. The number of rotatable bonds is 1. The van der Waals surface area contributed by atoms with Crippen molar-refractivity contribution < 1.29 is 23.8 Å². The van der Waals surface area contributed by atoms with Gasteiger partial charge < -0.3 is 24.0 Å². The Morgan fingerprint density at radius 3 is 2.83 bits per heavy atom. The highest BCUT2D eigenvalue weighted by molar-refractivity contribution is 5.95. The predicted molar refractivity (Wildman–Crippen MR) is 84.0 cm³/mol. The molecule has 2 atom stereocenters. The van der Waals surface area contributed by atoms with Crippen LogP contribution in [-0.4, -0.2) is 67.3 Å². The van der Waals surface area contributed by atoms with Crippen LogP contribution in [0.5, 0.6) is 11.5 Å². The molecule has 0 radical (unpaired) electrons. The van der Waals surface area contributed by atoms with Crippen molar-refractivity contribution in [3.8, 4) is 11.5 Å². The fourth-order valence-electron chi connectivity index (χ4n) is 3.58. The molecule has 3 aliphatic heterocycles. The molecule has 0 bridgehead atoms. The molecule has 1 aromatic carbocycles. The summed E-state index contributed by atoms with van der Waals surface area (Å²) in [5, 5.41) is 0. The summed E-state index contributed by atoms with van der Waals surface area (Å²) in [5.41, 5.74) is 0.592. The van der Waals surface area contributed by atoms with E-state index in [9.17, 15) is 9.59 Å². The van der Waals surface area contributed by atoms with Crippen LogP contribution in [-0.2, 0) is 9.53 Å². The molecule has 0 unspecified atom stereocenters. The van der Waals surface area contributed by atoms with Gasteiger partial charge in [0.15, 0.2) is 11.5 Å². The van der Waals surface area contributed by atoms with E-state index in [1.165, 1.54) is 0 Å². The zero-order valence-electron chi connectivity index (χ0n) is 13.6. The summed E-state index contributed by atoms with van der Waals surface area (Å²) in [6.45, 7) is 1.55. The average Bonchev–Trinajstić information content (AvgIpc) is 2.95. The van der Waals surface area contributed by atoms with E-state index in [2.05, 4.69) is 0 Å². The molecule has 0 aromatic heterocycles. The number of ether oxygens (including phenoxy) is 3.